The van der Waals surface area contributed by atoms with Gasteiger partial charge in [0.1, 0.15) is 5.75 Å². The van der Waals surface area contributed by atoms with Crippen LogP contribution in [-0.2, 0) is 16.6 Å². The van der Waals surface area contributed by atoms with Gasteiger partial charge in [0, 0.05) is 41.2 Å². The molecule has 33 heavy (non-hydrogen) atoms. The van der Waals surface area contributed by atoms with Gasteiger partial charge in [-0.1, -0.05) is 19.3 Å². The molecule has 1 aromatic heterocycles. The summed E-state index contributed by atoms with van der Waals surface area (Å²) in [6.07, 6.45) is 4.25. The van der Waals surface area contributed by atoms with Gasteiger partial charge in [0.15, 0.2) is 0 Å². The average molecular weight is 472 g/mol. The first-order valence-corrected chi connectivity index (χ1v) is 12.2. The van der Waals surface area contributed by atoms with Gasteiger partial charge in [-0.25, -0.2) is 8.42 Å². The number of hydrogen-bond acceptors (Lipinski definition) is 6. The number of nitrogens with one attached hydrogen (secondary N) is 1. The van der Waals surface area contributed by atoms with Gasteiger partial charge in [0.05, 0.1) is 16.9 Å². The summed E-state index contributed by atoms with van der Waals surface area (Å²) < 4.78 is 33.9. The number of sulfonamides is 1. The lowest BCUT2D eigenvalue weighted by molar-refractivity contribution is -0.384. The molecule has 4 rings (SSSR count). The highest BCUT2D eigenvalue weighted by Gasteiger charge is 2.33. The van der Waals surface area contributed by atoms with Crippen molar-refractivity contribution in [1.82, 2.24) is 9.29 Å². The molecule has 9 nitrogen and oxygen atoms in total. The van der Waals surface area contributed by atoms with Crippen LogP contribution in [0, 0.1) is 10.1 Å². The van der Waals surface area contributed by atoms with Crippen molar-refractivity contribution in [2.75, 3.05) is 7.11 Å². The highest BCUT2D eigenvalue weighted by Crippen LogP contribution is 2.30. The Hall–Kier alpha value is -3.24. The second-order valence-electron chi connectivity index (χ2n) is 8.17. The lowest BCUT2D eigenvalue weighted by atomic mass is 9.95. The van der Waals surface area contributed by atoms with E-state index in [9.17, 15) is 23.3 Å². The second-order valence-corrected chi connectivity index (χ2v) is 10.1. The topological polar surface area (TPSA) is 123 Å². The third-order valence-electron chi connectivity index (χ3n) is 6.09. The zero-order chi connectivity index (χ0) is 23.6. The maximum absolute atomic E-state index is 13.6. The zero-order valence-electron chi connectivity index (χ0n) is 18.2. The Morgan fingerprint density at radius 2 is 1.79 bits per heavy atom. The molecule has 0 unspecified atom stereocenters. The molecule has 3 aromatic rings. The number of nitro benzene ring substituents is 1. The molecule has 1 fully saturated rings. The minimum absolute atomic E-state index is 0.0300. The van der Waals surface area contributed by atoms with Gasteiger partial charge >= 0.3 is 0 Å². The Morgan fingerprint density at radius 1 is 1.09 bits per heavy atom. The number of nitrogens with zero attached hydrogens (tertiary/aromatic N) is 2. The lowest BCUT2D eigenvalue weighted by Gasteiger charge is -2.33. The third-order valence-corrected chi connectivity index (χ3v) is 8.00. The molecule has 0 bridgehead atoms. The molecule has 0 saturated heterocycles. The monoisotopic (exact) mass is 471 g/mol. The van der Waals surface area contributed by atoms with E-state index < -0.39 is 14.9 Å². The van der Waals surface area contributed by atoms with Gasteiger partial charge in [0.2, 0.25) is 10.0 Å². The van der Waals surface area contributed by atoms with Crippen LogP contribution < -0.4 is 10.3 Å². The number of benzene rings is 2. The Balaban J connectivity index is 1.75. The summed E-state index contributed by atoms with van der Waals surface area (Å²) in [6.45, 7) is -0.0908. The van der Waals surface area contributed by atoms with Crippen LogP contribution >= 0.6 is 0 Å². The molecule has 1 saturated carbocycles. The van der Waals surface area contributed by atoms with E-state index >= 15 is 0 Å². The van der Waals surface area contributed by atoms with E-state index in [1.54, 1.807) is 31.4 Å². The second kappa shape index (κ2) is 9.32. The molecule has 1 heterocycles. The van der Waals surface area contributed by atoms with Crippen LogP contribution in [-0.4, -0.2) is 35.8 Å². The van der Waals surface area contributed by atoms with E-state index in [1.807, 2.05) is 0 Å². The van der Waals surface area contributed by atoms with Crippen molar-refractivity contribution in [1.29, 1.82) is 0 Å². The maximum Gasteiger partial charge on any atom is 0.269 e. The summed E-state index contributed by atoms with van der Waals surface area (Å²) in [5.74, 6) is 0.628. The number of non-ortho nitro benzene ring substituents is 1. The van der Waals surface area contributed by atoms with E-state index in [-0.39, 0.29) is 28.7 Å². The quantitative estimate of drug-likeness (QED) is 0.411. The predicted octanol–water partition coefficient (Wildman–Crippen LogP) is 3.97. The first-order chi connectivity index (χ1) is 15.8. The summed E-state index contributed by atoms with van der Waals surface area (Å²) in [5.41, 5.74) is 0.421. The highest BCUT2D eigenvalue weighted by molar-refractivity contribution is 7.89. The molecule has 0 amide bonds. The number of fused-ring (bicyclic) bond motifs is 1. The van der Waals surface area contributed by atoms with Crippen LogP contribution in [0.25, 0.3) is 10.9 Å². The fourth-order valence-electron chi connectivity index (χ4n) is 4.30. The van der Waals surface area contributed by atoms with Crippen molar-refractivity contribution in [2.24, 2.45) is 0 Å². The van der Waals surface area contributed by atoms with E-state index in [4.69, 9.17) is 4.74 Å². The number of aromatic amines is 1. The van der Waals surface area contributed by atoms with Crippen LogP contribution in [0.5, 0.6) is 5.75 Å². The highest BCUT2D eigenvalue weighted by atomic mass is 32.2. The molecular formula is C23H25N3O6S. The number of ether oxygens (including phenoxy) is 1. The molecule has 0 atom stereocenters. The molecule has 10 heteroatoms. The maximum atomic E-state index is 13.6. The van der Waals surface area contributed by atoms with Crippen molar-refractivity contribution in [2.45, 2.75) is 49.6 Å². The first kappa shape index (κ1) is 22.9. The van der Waals surface area contributed by atoms with Crippen LogP contribution in [0.4, 0.5) is 5.69 Å². The van der Waals surface area contributed by atoms with Gasteiger partial charge < -0.3 is 9.72 Å². The van der Waals surface area contributed by atoms with Crippen LogP contribution in [0.15, 0.2) is 58.2 Å². The van der Waals surface area contributed by atoms with E-state index in [1.165, 1.54) is 28.6 Å². The predicted molar refractivity (Wildman–Crippen MR) is 124 cm³/mol. The first-order valence-electron chi connectivity index (χ1n) is 10.8. The van der Waals surface area contributed by atoms with Crippen molar-refractivity contribution >= 4 is 26.6 Å². The molecule has 174 valence electrons. The van der Waals surface area contributed by atoms with E-state index in [0.29, 0.717) is 29.7 Å². The molecule has 1 aliphatic carbocycles. The lowest BCUT2D eigenvalue weighted by Crippen LogP contribution is -2.42. The largest absolute Gasteiger partial charge is 0.497 e. The number of rotatable bonds is 7. The molecule has 0 radical (unpaired) electrons. The Kier molecular flexibility index (Phi) is 6.48. The fraction of sp³-hybridized carbons (Fsp3) is 0.348. The minimum atomic E-state index is -3.99. The molecule has 1 N–H and O–H groups in total. The molecule has 1 aliphatic rings. The molecule has 2 aromatic carbocycles. The van der Waals surface area contributed by atoms with Gasteiger partial charge in [-0.3, -0.25) is 14.9 Å². The SMILES string of the molecule is COc1ccc2[nH]c(=O)c(CN(C3CCCCC3)S(=O)(=O)c3ccc([N+](=O)[O-])cc3)cc2c1. The molecule has 0 aliphatic heterocycles. The number of pyridine rings is 1. The van der Waals surface area contributed by atoms with Crippen LogP contribution in [0.2, 0.25) is 0 Å². The third kappa shape index (κ3) is 4.76. The number of H-pyrrole nitrogens is 1. The number of methoxy groups -OCH3 is 1. The van der Waals surface area contributed by atoms with Crippen molar-refractivity contribution < 1.29 is 18.1 Å². The Labute approximate surface area is 191 Å². The van der Waals surface area contributed by atoms with Crippen LogP contribution in [0.3, 0.4) is 0 Å². The average Bonchev–Trinajstić information content (AvgIpc) is 2.82. The summed E-state index contributed by atoms with van der Waals surface area (Å²) in [4.78, 5) is 26.0. The minimum Gasteiger partial charge on any atom is -0.497 e. The van der Waals surface area contributed by atoms with Gasteiger partial charge in [-0.15, -0.1) is 0 Å². The molecule has 0 spiro atoms. The zero-order valence-corrected chi connectivity index (χ0v) is 19.0. The van der Waals surface area contributed by atoms with Crippen molar-refractivity contribution in [3.8, 4) is 5.75 Å². The summed E-state index contributed by atoms with van der Waals surface area (Å²) in [5, 5.41) is 11.7. The van der Waals surface area contributed by atoms with Crippen molar-refractivity contribution in [3.63, 3.8) is 0 Å². The molecular weight excluding hydrogens is 446 g/mol. The van der Waals surface area contributed by atoms with Crippen LogP contribution in [0.1, 0.15) is 37.7 Å². The fourth-order valence-corrected chi connectivity index (χ4v) is 5.96. The van der Waals surface area contributed by atoms with Crippen molar-refractivity contribution in [3.05, 3.63) is 74.6 Å². The summed E-state index contributed by atoms with van der Waals surface area (Å²) in [7, 11) is -2.44. The number of hydrogen-bond donors (Lipinski definition) is 1. The van der Waals surface area contributed by atoms with E-state index in [0.717, 1.165) is 24.6 Å². The van der Waals surface area contributed by atoms with Gasteiger partial charge in [0.25, 0.3) is 11.2 Å². The Bertz CT molecular complexity index is 1330. The number of nitro groups is 1. The standard InChI is InChI=1S/C23H25N3O6S/c1-32-20-9-12-22-16(14-20)13-17(23(27)24-22)15-25(18-5-3-2-4-6-18)33(30,31)21-10-7-19(8-11-21)26(28)29/h7-14,18H,2-6,15H2,1H3,(H,24,27). The summed E-state index contributed by atoms with van der Waals surface area (Å²) >= 11 is 0. The summed E-state index contributed by atoms with van der Waals surface area (Å²) in [6, 6.07) is 11.6. The normalized spacial score (nSPS) is 15.1. The van der Waals surface area contributed by atoms with E-state index in [2.05, 4.69) is 4.98 Å². The van der Waals surface area contributed by atoms with Gasteiger partial charge in [-0.05, 0) is 49.2 Å². The smallest absolute Gasteiger partial charge is 0.269 e. The van der Waals surface area contributed by atoms with Gasteiger partial charge in [-0.2, -0.15) is 4.31 Å². The number of aromatic nitrogens is 1. The Morgan fingerprint density at radius 3 is 2.42 bits per heavy atom.